The fourth-order valence-corrected chi connectivity index (χ4v) is 2.78. The number of thiocarbonyl (C=S) groups is 1. The minimum atomic E-state index is -0.721. The molecule has 0 aliphatic carbocycles. The van der Waals surface area contributed by atoms with Gasteiger partial charge in [0.15, 0.2) is 0 Å². The van der Waals surface area contributed by atoms with Crippen LogP contribution in [-0.2, 0) is 18.4 Å². The first-order chi connectivity index (χ1) is 9.46. The smallest absolute Gasteiger partial charge is 0.233 e. The van der Waals surface area contributed by atoms with Crippen molar-refractivity contribution in [3.8, 4) is 0 Å². The maximum absolute atomic E-state index is 12.6. The van der Waals surface area contributed by atoms with Crippen molar-refractivity contribution in [1.82, 2.24) is 15.1 Å². The van der Waals surface area contributed by atoms with Crippen LogP contribution in [0.4, 0.5) is 0 Å². The average molecular weight is 296 g/mol. The maximum Gasteiger partial charge on any atom is 0.233 e. The van der Waals surface area contributed by atoms with Crippen LogP contribution in [0.1, 0.15) is 45.1 Å². The summed E-state index contributed by atoms with van der Waals surface area (Å²) in [6.45, 7) is 4.53. The Bertz CT molecular complexity index is 463. The average Bonchev–Trinajstić information content (AvgIpc) is 2.81. The number of carbonyl (C=O) groups excluding carboxylic acids is 1. The highest BCUT2D eigenvalue weighted by Gasteiger charge is 2.39. The van der Waals surface area contributed by atoms with E-state index in [-0.39, 0.29) is 5.91 Å². The number of nitrogens with two attached hydrogens (primary N) is 1. The largest absolute Gasteiger partial charge is 0.392 e. The van der Waals surface area contributed by atoms with Crippen LogP contribution in [0, 0.1) is 5.41 Å². The molecular weight excluding hydrogens is 272 g/mol. The molecule has 3 N–H and O–H groups in total. The molecule has 6 heteroatoms. The van der Waals surface area contributed by atoms with Gasteiger partial charge >= 0.3 is 0 Å². The normalized spacial score (nSPS) is 11.3. The summed E-state index contributed by atoms with van der Waals surface area (Å²) in [6, 6.07) is 0. The van der Waals surface area contributed by atoms with Gasteiger partial charge in [-0.15, -0.1) is 0 Å². The van der Waals surface area contributed by atoms with Crippen molar-refractivity contribution >= 4 is 23.1 Å². The van der Waals surface area contributed by atoms with Crippen LogP contribution in [0.25, 0.3) is 0 Å². The van der Waals surface area contributed by atoms with E-state index in [1.807, 2.05) is 27.1 Å². The molecular formula is C14H24N4OS. The van der Waals surface area contributed by atoms with E-state index in [2.05, 4.69) is 10.4 Å². The summed E-state index contributed by atoms with van der Waals surface area (Å²) in [5.41, 5.74) is 6.11. The van der Waals surface area contributed by atoms with Crippen LogP contribution in [0.3, 0.4) is 0 Å². The standard InChI is InChI=1S/C14H24N4OS/c1-4-6-14(7-5-2,12(15)20)13(19)16-8-11-9-17-18(3)10-11/h9-10H,4-8H2,1-3H3,(H2,15,20)(H,16,19). The second-order valence-corrected chi connectivity index (χ2v) is 5.59. The highest BCUT2D eigenvalue weighted by molar-refractivity contribution is 7.80. The van der Waals surface area contributed by atoms with Gasteiger partial charge in [-0.1, -0.05) is 38.9 Å². The number of rotatable bonds is 8. The molecule has 1 rings (SSSR count). The van der Waals surface area contributed by atoms with Crippen molar-refractivity contribution in [3.05, 3.63) is 18.0 Å². The summed E-state index contributed by atoms with van der Waals surface area (Å²) < 4.78 is 1.71. The fraction of sp³-hybridized carbons (Fsp3) is 0.643. The Morgan fingerprint density at radius 3 is 2.45 bits per heavy atom. The van der Waals surface area contributed by atoms with Crippen molar-refractivity contribution in [2.75, 3.05) is 0 Å². The molecule has 0 fully saturated rings. The Morgan fingerprint density at radius 1 is 1.45 bits per heavy atom. The van der Waals surface area contributed by atoms with Gasteiger partial charge in [0.05, 0.1) is 16.6 Å². The number of nitrogens with zero attached hydrogens (tertiary/aromatic N) is 2. The van der Waals surface area contributed by atoms with Crippen LogP contribution in [-0.4, -0.2) is 20.7 Å². The number of nitrogens with one attached hydrogen (secondary N) is 1. The van der Waals surface area contributed by atoms with Crippen LogP contribution in [0.2, 0.25) is 0 Å². The Hall–Kier alpha value is -1.43. The minimum Gasteiger partial charge on any atom is -0.392 e. The molecule has 1 aromatic rings. The Morgan fingerprint density at radius 2 is 2.05 bits per heavy atom. The van der Waals surface area contributed by atoms with Crippen LogP contribution in [0.15, 0.2) is 12.4 Å². The molecule has 20 heavy (non-hydrogen) atoms. The molecule has 0 bridgehead atoms. The summed E-state index contributed by atoms with van der Waals surface area (Å²) in [6.07, 6.45) is 6.74. The summed E-state index contributed by atoms with van der Waals surface area (Å²) in [5, 5.41) is 7.02. The quantitative estimate of drug-likeness (QED) is 0.719. The molecule has 0 aliphatic rings. The van der Waals surface area contributed by atoms with Gasteiger partial charge in [-0.2, -0.15) is 5.10 Å². The molecule has 0 radical (unpaired) electrons. The zero-order chi connectivity index (χ0) is 15.2. The lowest BCUT2D eigenvalue weighted by atomic mass is 9.78. The zero-order valence-electron chi connectivity index (χ0n) is 12.5. The van der Waals surface area contributed by atoms with Crippen LogP contribution < -0.4 is 11.1 Å². The van der Waals surface area contributed by atoms with E-state index in [1.165, 1.54) is 0 Å². The van der Waals surface area contributed by atoms with Crippen molar-refractivity contribution in [1.29, 1.82) is 0 Å². The van der Waals surface area contributed by atoms with E-state index >= 15 is 0 Å². The minimum absolute atomic E-state index is 0.0717. The Balaban J connectivity index is 2.79. The van der Waals surface area contributed by atoms with Gasteiger partial charge in [0.2, 0.25) is 5.91 Å². The molecule has 1 aromatic heterocycles. The first-order valence-electron chi connectivity index (χ1n) is 7.02. The third-order valence-electron chi connectivity index (χ3n) is 3.47. The molecule has 0 aliphatic heterocycles. The second kappa shape index (κ2) is 7.38. The third-order valence-corrected chi connectivity index (χ3v) is 3.86. The van der Waals surface area contributed by atoms with E-state index in [1.54, 1.807) is 10.9 Å². The first-order valence-corrected chi connectivity index (χ1v) is 7.42. The molecule has 5 nitrogen and oxygen atoms in total. The molecule has 0 spiro atoms. The van der Waals surface area contributed by atoms with E-state index in [9.17, 15) is 4.79 Å². The number of amides is 1. The van der Waals surface area contributed by atoms with E-state index in [4.69, 9.17) is 18.0 Å². The third kappa shape index (κ3) is 3.79. The van der Waals surface area contributed by atoms with E-state index in [0.29, 0.717) is 24.4 Å². The lowest BCUT2D eigenvalue weighted by molar-refractivity contribution is -0.128. The van der Waals surface area contributed by atoms with Gasteiger partial charge in [-0.3, -0.25) is 9.48 Å². The summed E-state index contributed by atoms with van der Waals surface area (Å²) in [4.78, 5) is 12.9. The monoisotopic (exact) mass is 296 g/mol. The summed E-state index contributed by atoms with van der Waals surface area (Å²) in [7, 11) is 1.85. The van der Waals surface area contributed by atoms with Gasteiger partial charge in [0.25, 0.3) is 0 Å². The number of carbonyl (C=O) groups is 1. The van der Waals surface area contributed by atoms with Crippen LogP contribution in [0.5, 0.6) is 0 Å². The molecule has 0 saturated carbocycles. The van der Waals surface area contributed by atoms with Gasteiger partial charge in [0.1, 0.15) is 0 Å². The Kier molecular flexibility index (Phi) is 6.13. The number of hydrogen-bond donors (Lipinski definition) is 2. The lowest BCUT2D eigenvalue weighted by Crippen LogP contribution is -2.48. The molecule has 112 valence electrons. The number of hydrogen-bond acceptors (Lipinski definition) is 3. The van der Waals surface area contributed by atoms with Gasteiger partial charge in [0, 0.05) is 25.4 Å². The molecule has 0 aromatic carbocycles. The van der Waals surface area contributed by atoms with Gasteiger partial charge in [-0.05, 0) is 12.8 Å². The SMILES string of the molecule is CCCC(CCC)(C(=O)NCc1cnn(C)c1)C(N)=S. The fourth-order valence-electron chi connectivity index (χ4n) is 2.48. The number of aromatic nitrogens is 2. The lowest BCUT2D eigenvalue weighted by Gasteiger charge is -2.31. The first kappa shape index (κ1) is 16.6. The second-order valence-electron chi connectivity index (χ2n) is 5.15. The highest BCUT2D eigenvalue weighted by Crippen LogP contribution is 2.31. The highest BCUT2D eigenvalue weighted by atomic mass is 32.1. The predicted molar refractivity (Wildman–Crippen MR) is 84.1 cm³/mol. The molecule has 1 heterocycles. The molecule has 1 amide bonds. The van der Waals surface area contributed by atoms with Gasteiger partial charge < -0.3 is 11.1 Å². The zero-order valence-corrected chi connectivity index (χ0v) is 13.3. The van der Waals surface area contributed by atoms with Crippen molar-refractivity contribution in [3.63, 3.8) is 0 Å². The van der Waals surface area contributed by atoms with Crippen LogP contribution >= 0.6 is 12.2 Å². The van der Waals surface area contributed by atoms with Crippen molar-refractivity contribution in [2.45, 2.75) is 46.1 Å². The van der Waals surface area contributed by atoms with E-state index in [0.717, 1.165) is 18.4 Å². The van der Waals surface area contributed by atoms with E-state index < -0.39 is 5.41 Å². The molecule has 0 saturated heterocycles. The topological polar surface area (TPSA) is 72.9 Å². The Labute approximate surface area is 125 Å². The number of aryl methyl sites for hydroxylation is 1. The van der Waals surface area contributed by atoms with Crippen molar-refractivity contribution in [2.24, 2.45) is 18.2 Å². The maximum atomic E-state index is 12.6. The van der Waals surface area contributed by atoms with Gasteiger partial charge in [-0.25, -0.2) is 0 Å². The molecule has 0 unspecified atom stereocenters. The summed E-state index contributed by atoms with van der Waals surface area (Å²) >= 11 is 5.17. The summed E-state index contributed by atoms with van der Waals surface area (Å²) in [5.74, 6) is -0.0717. The predicted octanol–water partition coefficient (Wildman–Crippen LogP) is 1.91. The van der Waals surface area contributed by atoms with Crippen molar-refractivity contribution < 1.29 is 4.79 Å². The molecule has 0 atom stereocenters.